The molecule has 1 atom stereocenters. The van der Waals surface area contributed by atoms with Gasteiger partial charge in [0.15, 0.2) is 0 Å². The second-order valence-electron chi connectivity index (χ2n) is 6.79. The van der Waals surface area contributed by atoms with Crippen LogP contribution in [0.2, 0.25) is 10.3 Å². The average molecular weight is 417 g/mol. The number of benzene rings is 1. The van der Waals surface area contributed by atoms with E-state index in [0.29, 0.717) is 24.9 Å². The Kier molecular flexibility index (Phi) is 4.41. The zero-order chi connectivity index (χ0) is 20.1. The molecule has 0 saturated carbocycles. The van der Waals surface area contributed by atoms with Crippen molar-refractivity contribution < 1.29 is 14.7 Å². The number of amides is 3. The molecule has 3 heterocycles. The van der Waals surface area contributed by atoms with Crippen molar-refractivity contribution in [1.82, 2.24) is 9.88 Å². The Morgan fingerprint density at radius 1 is 1.21 bits per heavy atom. The topological polar surface area (TPSA) is 78.1 Å². The Morgan fingerprint density at radius 3 is 2.61 bits per heavy atom. The molecule has 3 amide bonds. The van der Waals surface area contributed by atoms with E-state index in [9.17, 15) is 14.7 Å². The molecule has 7 nitrogen and oxygen atoms in total. The van der Waals surface area contributed by atoms with E-state index in [2.05, 4.69) is 9.83 Å². The number of nitrogens with zero attached hydrogens (tertiary/aromatic N) is 4. The third-order valence-corrected chi connectivity index (χ3v) is 5.56. The van der Waals surface area contributed by atoms with Crippen molar-refractivity contribution in [2.75, 3.05) is 11.4 Å². The van der Waals surface area contributed by atoms with Gasteiger partial charge >= 0.3 is 6.03 Å². The van der Waals surface area contributed by atoms with Crippen LogP contribution in [0.1, 0.15) is 18.4 Å². The molecule has 0 radical (unpaired) electrons. The molecule has 2 saturated heterocycles. The number of imide groups is 1. The van der Waals surface area contributed by atoms with Crippen LogP contribution < -0.4 is 4.90 Å². The zero-order valence-electron chi connectivity index (χ0n) is 14.5. The minimum Gasteiger partial charge on any atom is -0.519 e. The number of aromatic hydroxyl groups is 1. The molecule has 2 fully saturated rings. The number of urea groups is 1. The highest BCUT2D eigenvalue weighted by atomic mass is 35.5. The molecule has 2 aliphatic heterocycles. The Morgan fingerprint density at radius 2 is 1.93 bits per heavy atom. The van der Waals surface area contributed by atoms with Crippen LogP contribution in [0, 0.1) is 6.57 Å². The van der Waals surface area contributed by atoms with Gasteiger partial charge in [0.2, 0.25) is 5.69 Å². The van der Waals surface area contributed by atoms with E-state index in [0.717, 1.165) is 4.90 Å². The van der Waals surface area contributed by atoms with E-state index in [1.807, 2.05) is 0 Å². The minimum atomic E-state index is -1.03. The van der Waals surface area contributed by atoms with Gasteiger partial charge in [-0.3, -0.25) is 4.79 Å². The quantitative estimate of drug-likeness (QED) is 0.462. The number of hydrogen-bond acceptors (Lipinski definition) is 4. The number of halogens is 2. The summed E-state index contributed by atoms with van der Waals surface area (Å²) in [5.41, 5.74) is 0.0563. The summed E-state index contributed by atoms with van der Waals surface area (Å²) in [6.45, 7) is 7.62. The van der Waals surface area contributed by atoms with Crippen molar-refractivity contribution in [1.29, 1.82) is 0 Å². The van der Waals surface area contributed by atoms with Crippen molar-refractivity contribution >= 4 is 46.5 Å². The first-order chi connectivity index (χ1) is 13.4. The molecule has 2 aliphatic rings. The van der Waals surface area contributed by atoms with Gasteiger partial charge in [-0.25, -0.2) is 19.5 Å². The molecular weight excluding hydrogens is 403 g/mol. The summed E-state index contributed by atoms with van der Waals surface area (Å²) in [6.07, 6.45) is 1.47. The summed E-state index contributed by atoms with van der Waals surface area (Å²) in [6, 6.07) is 7.07. The summed E-state index contributed by atoms with van der Waals surface area (Å²) < 4.78 is 0. The van der Waals surface area contributed by atoms with E-state index in [4.69, 9.17) is 29.8 Å². The number of aromatic nitrogens is 1. The summed E-state index contributed by atoms with van der Waals surface area (Å²) >= 11 is 11.9. The Bertz CT molecular complexity index is 1030. The maximum absolute atomic E-state index is 13.4. The van der Waals surface area contributed by atoms with Gasteiger partial charge < -0.3 is 10.0 Å². The summed E-state index contributed by atoms with van der Waals surface area (Å²) in [4.78, 5) is 36.3. The van der Waals surface area contributed by atoms with Crippen LogP contribution in [0.3, 0.4) is 0 Å². The van der Waals surface area contributed by atoms with Crippen LogP contribution in [-0.4, -0.2) is 39.0 Å². The van der Waals surface area contributed by atoms with Crippen LogP contribution in [-0.2, 0) is 11.2 Å². The predicted molar refractivity (Wildman–Crippen MR) is 104 cm³/mol. The first kappa shape index (κ1) is 18.5. The first-order valence-corrected chi connectivity index (χ1v) is 9.30. The van der Waals surface area contributed by atoms with Crippen molar-refractivity contribution in [3.05, 3.63) is 57.6 Å². The van der Waals surface area contributed by atoms with Gasteiger partial charge in [-0.1, -0.05) is 34.8 Å². The molecule has 9 heteroatoms. The number of carbonyl (C=O) groups excluding carboxylic acids is 2. The fourth-order valence-corrected chi connectivity index (χ4v) is 4.42. The van der Waals surface area contributed by atoms with Gasteiger partial charge in [0.1, 0.15) is 21.6 Å². The second kappa shape index (κ2) is 6.66. The second-order valence-corrected chi connectivity index (χ2v) is 7.57. The van der Waals surface area contributed by atoms with Gasteiger partial charge in [0.05, 0.1) is 12.3 Å². The lowest BCUT2D eigenvalue weighted by molar-refractivity contribution is -0.123. The van der Waals surface area contributed by atoms with Crippen LogP contribution >= 0.6 is 23.2 Å². The van der Waals surface area contributed by atoms with Crippen LogP contribution in [0.25, 0.3) is 4.85 Å². The van der Waals surface area contributed by atoms with Gasteiger partial charge in [-0.2, -0.15) is 0 Å². The lowest BCUT2D eigenvalue weighted by Gasteiger charge is -2.28. The van der Waals surface area contributed by atoms with Crippen molar-refractivity contribution in [3.8, 4) is 5.75 Å². The minimum absolute atomic E-state index is 0.0874. The fourth-order valence-electron chi connectivity index (χ4n) is 3.97. The number of hydrogen-bond donors (Lipinski definition) is 1. The monoisotopic (exact) mass is 416 g/mol. The molecule has 0 aliphatic carbocycles. The van der Waals surface area contributed by atoms with E-state index >= 15 is 0 Å². The van der Waals surface area contributed by atoms with Crippen molar-refractivity contribution in [2.45, 2.75) is 24.8 Å². The lowest BCUT2D eigenvalue weighted by atomic mass is 9.88. The van der Waals surface area contributed by atoms with E-state index < -0.39 is 11.6 Å². The highest BCUT2D eigenvalue weighted by Gasteiger charge is 2.59. The maximum Gasteiger partial charge on any atom is 0.332 e. The molecule has 0 bridgehead atoms. The third-order valence-electron chi connectivity index (χ3n) is 5.17. The highest BCUT2D eigenvalue weighted by Crippen LogP contribution is 2.43. The molecule has 1 unspecified atom stereocenters. The number of phenolic OH excluding ortho intramolecular Hbond substituents is 1. The molecule has 28 heavy (non-hydrogen) atoms. The molecule has 1 N–H and O–H groups in total. The van der Waals surface area contributed by atoms with Crippen molar-refractivity contribution in [2.24, 2.45) is 0 Å². The van der Waals surface area contributed by atoms with Gasteiger partial charge in [-0.05, 0) is 37.1 Å². The number of pyridine rings is 1. The zero-order valence-corrected chi connectivity index (χ0v) is 16.0. The molecule has 1 aromatic carbocycles. The van der Waals surface area contributed by atoms with E-state index in [1.165, 1.54) is 18.2 Å². The highest BCUT2D eigenvalue weighted by molar-refractivity contribution is 6.33. The number of carbonyl (C=O) groups is 2. The third kappa shape index (κ3) is 2.77. The largest absolute Gasteiger partial charge is 0.519 e. The fraction of sp³-hybridized carbons (Fsp3) is 0.263. The summed E-state index contributed by atoms with van der Waals surface area (Å²) in [5, 5.41) is 9.91. The van der Waals surface area contributed by atoms with Crippen LogP contribution in [0.15, 0.2) is 30.3 Å². The number of fused-ring (bicyclic) bond motifs is 1. The SMILES string of the molecule is [C-]#[N+]c1cc(CC23CCCN2C(=O)N(c2cc(Cl)nc(Cl)c2)C3=O)ccc1O. The number of anilines is 1. The molecule has 4 rings (SSSR count). The van der Waals surface area contributed by atoms with Crippen molar-refractivity contribution in [3.63, 3.8) is 0 Å². The van der Waals surface area contributed by atoms with Crippen LogP contribution in [0.4, 0.5) is 16.2 Å². The molecule has 2 aromatic rings. The number of phenols is 1. The summed E-state index contributed by atoms with van der Waals surface area (Å²) in [5.74, 6) is -0.471. The molecule has 1 aromatic heterocycles. The molecular formula is C19H14Cl2N4O3. The molecule has 142 valence electrons. The Labute approximate surface area is 170 Å². The standard InChI is InChI=1S/C19H14Cl2N4O3/c1-22-13-7-11(3-4-14(13)26)10-19-5-2-6-24(19)18(28)25(17(19)27)12-8-15(20)23-16(21)9-12/h3-4,7-9,26H,2,5-6,10H2. The smallest absolute Gasteiger partial charge is 0.332 e. The predicted octanol–water partition coefficient (Wildman–Crippen LogP) is 4.19. The van der Waals surface area contributed by atoms with Gasteiger partial charge in [0.25, 0.3) is 5.91 Å². The van der Waals surface area contributed by atoms with Gasteiger partial charge in [-0.15, -0.1) is 0 Å². The molecule has 0 spiro atoms. The lowest BCUT2D eigenvalue weighted by Crippen LogP contribution is -2.47. The van der Waals surface area contributed by atoms with Gasteiger partial charge in [0, 0.05) is 13.0 Å². The summed E-state index contributed by atoms with van der Waals surface area (Å²) in [7, 11) is 0. The van der Waals surface area contributed by atoms with E-state index in [1.54, 1.807) is 17.0 Å². The maximum atomic E-state index is 13.4. The Balaban J connectivity index is 1.75. The van der Waals surface area contributed by atoms with E-state index in [-0.39, 0.29) is 39.8 Å². The van der Waals surface area contributed by atoms with Crippen LogP contribution in [0.5, 0.6) is 5.75 Å². The first-order valence-electron chi connectivity index (χ1n) is 8.54. The Hall–Kier alpha value is -2.82. The normalized spacial score (nSPS) is 21.2. The number of rotatable bonds is 3. The average Bonchev–Trinajstić information content (AvgIpc) is 3.14.